The highest BCUT2D eigenvalue weighted by Gasteiger charge is 2.18. The SMILES string of the molecule is CN(C[C@H]1CCCCO1)C(=O)CCNS(C)(=O)=O. The molecule has 0 saturated carbocycles. The van der Waals surface area contributed by atoms with Crippen molar-refractivity contribution in [2.45, 2.75) is 31.8 Å². The molecular formula is C11H22N2O4S. The van der Waals surface area contributed by atoms with Crippen molar-refractivity contribution in [3.05, 3.63) is 0 Å². The van der Waals surface area contributed by atoms with Gasteiger partial charge in [-0.3, -0.25) is 4.79 Å². The Kier molecular flexibility index (Phi) is 6.04. The summed E-state index contributed by atoms with van der Waals surface area (Å²) in [6.45, 7) is 1.49. The number of amides is 1. The Morgan fingerprint density at radius 1 is 1.44 bits per heavy atom. The highest BCUT2D eigenvalue weighted by molar-refractivity contribution is 7.88. The van der Waals surface area contributed by atoms with Gasteiger partial charge in [-0.2, -0.15) is 0 Å². The standard InChI is InChI=1S/C11H22N2O4S/c1-13(9-10-5-3-4-8-17-10)11(14)6-7-12-18(2,15)16/h10,12H,3-9H2,1-2H3/t10-/m1/s1. The van der Waals surface area contributed by atoms with Crippen LogP contribution in [-0.4, -0.2) is 58.3 Å². The van der Waals surface area contributed by atoms with Crippen LogP contribution in [0.4, 0.5) is 0 Å². The zero-order chi connectivity index (χ0) is 13.6. The van der Waals surface area contributed by atoms with E-state index in [0.29, 0.717) is 6.54 Å². The van der Waals surface area contributed by atoms with Gasteiger partial charge >= 0.3 is 0 Å². The van der Waals surface area contributed by atoms with E-state index in [1.807, 2.05) is 0 Å². The van der Waals surface area contributed by atoms with Crippen molar-refractivity contribution in [1.29, 1.82) is 0 Å². The van der Waals surface area contributed by atoms with E-state index in [9.17, 15) is 13.2 Å². The lowest BCUT2D eigenvalue weighted by Crippen LogP contribution is -2.38. The molecule has 1 aliphatic heterocycles. The van der Waals surface area contributed by atoms with E-state index in [1.165, 1.54) is 0 Å². The van der Waals surface area contributed by atoms with Crippen LogP contribution in [0.5, 0.6) is 0 Å². The van der Waals surface area contributed by atoms with Gasteiger partial charge in [0.25, 0.3) is 0 Å². The first-order valence-electron chi connectivity index (χ1n) is 6.18. The summed E-state index contributed by atoms with van der Waals surface area (Å²) in [5.41, 5.74) is 0. The van der Waals surface area contributed by atoms with Crippen LogP contribution in [0.15, 0.2) is 0 Å². The van der Waals surface area contributed by atoms with E-state index in [2.05, 4.69) is 4.72 Å². The predicted molar refractivity (Wildman–Crippen MR) is 68.7 cm³/mol. The van der Waals surface area contributed by atoms with Crippen LogP contribution in [0.1, 0.15) is 25.7 Å². The minimum atomic E-state index is -3.22. The van der Waals surface area contributed by atoms with Crippen molar-refractivity contribution >= 4 is 15.9 Å². The van der Waals surface area contributed by atoms with Gasteiger partial charge in [0.1, 0.15) is 0 Å². The zero-order valence-corrected chi connectivity index (χ0v) is 11.8. The Labute approximate surface area is 109 Å². The molecule has 1 aliphatic rings. The maximum Gasteiger partial charge on any atom is 0.223 e. The van der Waals surface area contributed by atoms with Crippen LogP contribution < -0.4 is 4.72 Å². The Bertz CT molecular complexity index is 363. The molecule has 1 rings (SSSR count). The second-order valence-electron chi connectivity index (χ2n) is 4.68. The van der Waals surface area contributed by atoms with E-state index in [1.54, 1.807) is 11.9 Å². The number of hydrogen-bond acceptors (Lipinski definition) is 4. The molecule has 0 unspecified atom stereocenters. The van der Waals surface area contributed by atoms with Gasteiger partial charge < -0.3 is 9.64 Å². The molecule has 1 amide bonds. The summed E-state index contributed by atoms with van der Waals surface area (Å²) in [5, 5.41) is 0. The van der Waals surface area contributed by atoms with Gasteiger partial charge in [-0.25, -0.2) is 13.1 Å². The molecule has 1 saturated heterocycles. The second kappa shape index (κ2) is 7.06. The third kappa shape index (κ3) is 6.32. The molecule has 0 bridgehead atoms. The number of likely N-dealkylation sites (N-methyl/N-ethyl adjacent to an activating group) is 1. The number of ether oxygens (including phenoxy) is 1. The number of nitrogens with zero attached hydrogens (tertiary/aromatic N) is 1. The molecule has 18 heavy (non-hydrogen) atoms. The quantitative estimate of drug-likeness (QED) is 0.739. The second-order valence-corrected chi connectivity index (χ2v) is 6.51. The van der Waals surface area contributed by atoms with Crippen molar-refractivity contribution in [2.24, 2.45) is 0 Å². The van der Waals surface area contributed by atoms with Gasteiger partial charge in [-0.1, -0.05) is 0 Å². The van der Waals surface area contributed by atoms with Crippen molar-refractivity contribution < 1.29 is 17.9 Å². The normalized spacial score (nSPS) is 20.7. The van der Waals surface area contributed by atoms with E-state index < -0.39 is 10.0 Å². The van der Waals surface area contributed by atoms with Gasteiger partial charge in [-0.05, 0) is 19.3 Å². The van der Waals surface area contributed by atoms with Gasteiger partial charge in [0.2, 0.25) is 15.9 Å². The lowest BCUT2D eigenvalue weighted by molar-refractivity contribution is -0.132. The Hall–Kier alpha value is -0.660. The van der Waals surface area contributed by atoms with Gasteiger partial charge in [0.05, 0.1) is 12.4 Å². The first-order valence-corrected chi connectivity index (χ1v) is 8.08. The molecule has 0 aromatic rings. The van der Waals surface area contributed by atoms with Crippen LogP contribution in [0, 0.1) is 0 Å². The number of carbonyl (C=O) groups excluding carboxylic acids is 1. The molecule has 1 atom stereocenters. The smallest absolute Gasteiger partial charge is 0.223 e. The molecule has 1 fully saturated rings. The molecule has 106 valence electrons. The molecule has 1 N–H and O–H groups in total. The minimum Gasteiger partial charge on any atom is -0.376 e. The van der Waals surface area contributed by atoms with E-state index >= 15 is 0 Å². The lowest BCUT2D eigenvalue weighted by Gasteiger charge is -2.27. The van der Waals surface area contributed by atoms with Crippen LogP contribution in [0.25, 0.3) is 0 Å². The van der Waals surface area contributed by atoms with Crippen molar-refractivity contribution in [3.63, 3.8) is 0 Å². The number of sulfonamides is 1. The average molecular weight is 278 g/mol. The highest BCUT2D eigenvalue weighted by Crippen LogP contribution is 2.13. The Morgan fingerprint density at radius 2 is 2.17 bits per heavy atom. The summed E-state index contributed by atoms with van der Waals surface area (Å²) in [4.78, 5) is 13.3. The van der Waals surface area contributed by atoms with Gasteiger partial charge in [0, 0.05) is 33.2 Å². The summed E-state index contributed by atoms with van der Waals surface area (Å²) in [6, 6.07) is 0. The molecule has 0 spiro atoms. The first-order chi connectivity index (χ1) is 8.38. The monoisotopic (exact) mass is 278 g/mol. The summed E-state index contributed by atoms with van der Waals surface area (Å²) >= 11 is 0. The number of carbonyl (C=O) groups is 1. The van der Waals surface area contributed by atoms with Crippen molar-refractivity contribution in [2.75, 3.05) is 33.0 Å². The van der Waals surface area contributed by atoms with Gasteiger partial charge in [-0.15, -0.1) is 0 Å². The van der Waals surface area contributed by atoms with E-state index in [-0.39, 0.29) is 25.0 Å². The topological polar surface area (TPSA) is 75.7 Å². The molecule has 0 aliphatic carbocycles. The summed E-state index contributed by atoms with van der Waals surface area (Å²) in [6.07, 6.45) is 4.59. The maximum atomic E-state index is 11.7. The number of hydrogen-bond donors (Lipinski definition) is 1. The fraction of sp³-hybridized carbons (Fsp3) is 0.909. The van der Waals surface area contributed by atoms with E-state index in [4.69, 9.17) is 4.74 Å². The average Bonchev–Trinajstić information content (AvgIpc) is 2.28. The fourth-order valence-electron chi connectivity index (χ4n) is 1.89. The van der Waals surface area contributed by atoms with Crippen LogP contribution in [0.3, 0.4) is 0 Å². The lowest BCUT2D eigenvalue weighted by atomic mass is 10.1. The Morgan fingerprint density at radius 3 is 2.72 bits per heavy atom. The van der Waals surface area contributed by atoms with Crippen LogP contribution in [0.2, 0.25) is 0 Å². The summed E-state index contributed by atoms with van der Waals surface area (Å²) in [5.74, 6) is -0.0691. The van der Waals surface area contributed by atoms with Crippen molar-refractivity contribution in [3.8, 4) is 0 Å². The predicted octanol–water partition coefficient (Wildman–Crippen LogP) is -0.0468. The number of nitrogens with one attached hydrogen (secondary N) is 1. The maximum absolute atomic E-state index is 11.7. The highest BCUT2D eigenvalue weighted by atomic mass is 32.2. The van der Waals surface area contributed by atoms with Crippen LogP contribution >= 0.6 is 0 Å². The zero-order valence-electron chi connectivity index (χ0n) is 11.0. The van der Waals surface area contributed by atoms with E-state index in [0.717, 1.165) is 32.1 Å². The van der Waals surface area contributed by atoms with Crippen LogP contribution in [-0.2, 0) is 19.6 Å². The third-order valence-corrected chi connectivity index (χ3v) is 3.61. The largest absolute Gasteiger partial charge is 0.376 e. The molecule has 1 heterocycles. The first kappa shape index (κ1) is 15.4. The number of rotatable bonds is 6. The molecule has 6 nitrogen and oxygen atoms in total. The van der Waals surface area contributed by atoms with Gasteiger partial charge in [0.15, 0.2) is 0 Å². The molecule has 0 radical (unpaired) electrons. The molecule has 0 aromatic carbocycles. The molecular weight excluding hydrogens is 256 g/mol. The Balaban J connectivity index is 2.23. The molecule has 7 heteroatoms. The third-order valence-electron chi connectivity index (χ3n) is 2.88. The summed E-state index contributed by atoms with van der Waals surface area (Å²) in [7, 11) is -1.50. The minimum absolute atomic E-state index is 0.0691. The summed E-state index contributed by atoms with van der Waals surface area (Å²) < 4.78 is 29.5. The molecule has 0 aromatic heterocycles. The van der Waals surface area contributed by atoms with Crippen molar-refractivity contribution in [1.82, 2.24) is 9.62 Å². The fourth-order valence-corrected chi connectivity index (χ4v) is 2.37.